The quantitative estimate of drug-likeness (QED) is 0.136. The van der Waals surface area contributed by atoms with Gasteiger partial charge in [0.25, 0.3) is 5.91 Å². The van der Waals surface area contributed by atoms with Gasteiger partial charge < -0.3 is 29.6 Å². The number of rotatable bonds is 14. The zero-order valence-corrected chi connectivity index (χ0v) is 23.8. The first-order valence-corrected chi connectivity index (χ1v) is 14.1. The Hall–Kier alpha value is -4.75. The molecular formula is C31H30ClN5O5. The largest absolute Gasteiger partial charge is 0.493 e. The maximum Gasteiger partial charge on any atom is 0.257 e. The van der Waals surface area contributed by atoms with Crippen LogP contribution in [-0.2, 0) is 4.79 Å². The molecule has 2 aromatic carbocycles. The van der Waals surface area contributed by atoms with E-state index < -0.39 is 0 Å². The molecule has 1 amide bonds. The number of nitriles is 1. The molecule has 1 fully saturated rings. The van der Waals surface area contributed by atoms with Crippen molar-refractivity contribution in [1.29, 1.82) is 5.26 Å². The lowest BCUT2D eigenvalue weighted by molar-refractivity contribution is -0.123. The topological polar surface area (TPSA) is 128 Å². The van der Waals surface area contributed by atoms with Crippen LogP contribution in [0.5, 0.6) is 28.9 Å². The zero-order chi connectivity index (χ0) is 29.3. The van der Waals surface area contributed by atoms with Crippen molar-refractivity contribution in [3.8, 4) is 34.9 Å². The van der Waals surface area contributed by atoms with Gasteiger partial charge >= 0.3 is 0 Å². The summed E-state index contributed by atoms with van der Waals surface area (Å²) in [5, 5.41) is 16.6. The summed E-state index contributed by atoms with van der Waals surface area (Å²) >= 11 is 5.77. The second-order valence-electron chi connectivity index (χ2n) is 9.69. The second kappa shape index (κ2) is 13.7. The molecule has 216 valence electrons. The number of amides is 1. The van der Waals surface area contributed by atoms with Crippen molar-refractivity contribution in [3.63, 3.8) is 0 Å². The molecule has 0 bridgehead atoms. The van der Waals surface area contributed by atoms with E-state index in [1.807, 2.05) is 0 Å². The van der Waals surface area contributed by atoms with E-state index in [-0.39, 0.29) is 12.5 Å². The predicted octanol–water partition coefficient (Wildman–Crippen LogP) is 5.96. The number of carbonyl (C=O) groups excluding carboxylic acids is 1. The highest BCUT2D eigenvalue weighted by Gasteiger charge is 2.21. The van der Waals surface area contributed by atoms with E-state index >= 15 is 0 Å². The van der Waals surface area contributed by atoms with Crippen LogP contribution in [0.15, 0.2) is 60.9 Å². The summed E-state index contributed by atoms with van der Waals surface area (Å²) in [5.74, 6) is 3.42. The van der Waals surface area contributed by atoms with Gasteiger partial charge in [0.05, 0.1) is 42.4 Å². The SMILES string of the molecule is COc1cc2c(Nc3ccc(Oc4cccc(OCC(=O)NCC5CC5)c4)nc3)c(C#N)cnc2cc1OCCCCl. The standard InChI is InChI=1S/C31H30ClN5O5/c1-39-27-13-25-26(14-28(27)40-11-3-10-32)34-17-21(15-33)31(25)37-22-8-9-30(36-18-22)42-24-5-2-4-23(12-24)41-19-29(38)35-16-20-6-7-20/h2,4-5,8-9,12-14,17-18,20H,3,6-7,10-11,16,19H2,1H3,(H,34,37)(H,35,38). The van der Waals surface area contributed by atoms with Gasteiger partial charge in [-0.3, -0.25) is 9.78 Å². The van der Waals surface area contributed by atoms with Crippen LogP contribution in [0.2, 0.25) is 0 Å². The normalized spacial score (nSPS) is 12.3. The van der Waals surface area contributed by atoms with Crippen molar-refractivity contribution < 1.29 is 23.7 Å². The number of anilines is 2. The van der Waals surface area contributed by atoms with Crippen LogP contribution < -0.4 is 29.6 Å². The number of nitrogens with one attached hydrogen (secondary N) is 2. The first-order valence-electron chi connectivity index (χ1n) is 13.6. The molecule has 0 spiro atoms. The Balaban J connectivity index is 1.27. The van der Waals surface area contributed by atoms with Gasteiger partial charge in [-0.2, -0.15) is 5.26 Å². The highest BCUT2D eigenvalue weighted by Crippen LogP contribution is 2.37. The van der Waals surface area contributed by atoms with Crippen molar-refractivity contribution in [3.05, 3.63) is 66.5 Å². The summed E-state index contributed by atoms with van der Waals surface area (Å²) in [6, 6.07) is 16.3. The van der Waals surface area contributed by atoms with Gasteiger partial charge in [-0.15, -0.1) is 11.6 Å². The van der Waals surface area contributed by atoms with Crippen molar-refractivity contribution in [2.24, 2.45) is 5.92 Å². The average Bonchev–Trinajstić information content (AvgIpc) is 3.85. The number of methoxy groups -OCH3 is 1. The molecule has 1 aliphatic rings. The molecule has 1 saturated carbocycles. The molecule has 2 N–H and O–H groups in total. The first kappa shape index (κ1) is 28.8. The van der Waals surface area contributed by atoms with E-state index in [2.05, 4.69) is 26.7 Å². The van der Waals surface area contributed by atoms with E-state index in [4.69, 9.17) is 30.5 Å². The number of pyridine rings is 2. The minimum absolute atomic E-state index is 0.0581. The predicted molar refractivity (Wildman–Crippen MR) is 159 cm³/mol. The van der Waals surface area contributed by atoms with Gasteiger partial charge in [-0.1, -0.05) is 6.07 Å². The molecule has 2 aromatic heterocycles. The lowest BCUT2D eigenvalue weighted by atomic mass is 10.1. The average molecular weight is 588 g/mol. The monoisotopic (exact) mass is 587 g/mol. The number of alkyl halides is 1. The van der Waals surface area contributed by atoms with Gasteiger partial charge in [0.2, 0.25) is 5.88 Å². The Labute approximate surface area is 248 Å². The number of benzene rings is 2. The maximum absolute atomic E-state index is 12.0. The van der Waals surface area contributed by atoms with Crippen molar-refractivity contribution in [2.75, 3.05) is 38.1 Å². The van der Waals surface area contributed by atoms with E-state index in [1.54, 1.807) is 61.8 Å². The fourth-order valence-electron chi connectivity index (χ4n) is 4.12. The van der Waals surface area contributed by atoms with Gasteiger partial charge in [-0.05, 0) is 49.4 Å². The number of ether oxygens (including phenoxy) is 4. The first-order chi connectivity index (χ1) is 20.6. The van der Waals surface area contributed by atoms with Crippen LogP contribution >= 0.6 is 11.6 Å². The Morgan fingerprint density at radius 1 is 1.07 bits per heavy atom. The smallest absolute Gasteiger partial charge is 0.257 e. The molecular weight excluding hydrogens is 558 g/mol. The molecule has 10 nitrogen and oxygen atoms in total. The van der Waals surface area contributed by atoms with Crippen LogP contribution in [0.1, 0.15) is 24.8 Å². The Kier molecular flexibility index (Phi) is 9.41. The molecule has 0 unspecified atom stereocenters. The molecule has 5 rings (SSSR count). The van der Waals surface area contributed by atoms with Gasteiger partial charge in [0.15, 0.2) is 18.1 Å². The lowest BCUT2D eigenvalue weighted by Gasteiger charge is -2.15. The van der Waals surface area contributed by atoms with Crippen LogP contribution in [-0.4, -0.2) is 48.6 Å². The van der Waals surface area contributed by atoms with Crippen molar-refractivity contribution in [2.45, 2.75) is 19.3 Å². The number of halogens is 1. The highest BCUT2D eigenvalue weighted by molar-refractivity contribution is 6.17. The number of hydrogen-bond acceptors (Lipinski definition) is 9. The highest BCUT2D eigenvalue weighted by atomic mass is 35.5. The summed E-state index contributed by atoms with van der Waals surface area (Å²) in [7, 11) is 1.56. The molecule has 0 aliphatic heterocycles. The number of hydrogen-bond donors (Lipinski definition) is 2. The summed E-state index contributed by atoms with van der Waals surface area (Å²) in [6.07, 6.45) is 6.16. The Bertz CT molecular complexity index is 1590. The van der Waals surface area contributed by atoms with E-state index in [9.17, 15) is 10.1 Å². The van der Waals surface area contributed by atoms with Crippen LogP contribution in [0, 0.1) is 17.2 Å². The lowest BCUT2D eigenvalue weighted by Crippen LogP contribution is -2.30. The number of aromatic nitrogens is 2. The Morgan fingerprint density at radius 2 is 1.93 bits per heavy atom. The van der Waals surface area contributed by atoms with Gasteiger partial charge in [-0.25, -0.2) is 4.98 Å². The number of fused-ring (bicyclic) bond motifs is 1. The molecule has 4 aromatic rings. The molecule has 1 aliphatic carbocycles. The minimum atomic E-state index is -0.144. The third-order valence-corrected chi connectivity index (χ3v) is 6.76. The number of carbonyl (C=O) groups is 1. The summed E-state index contributed by atoms with van der Waals surface area (Å²) < 4.78 is 22.9. The van der Waals surface area contributed by atoms with Crippen molar-refractivity contribution in [1.82, 2.24) is 15.3 Å². The minimum Gasteiger partial charge on any atom is -0.493 e. The third-order valence-electron chi connectivity index (χ3n) is 6.50. The van der Waals surface area contributed by atoms with Gasteiger partial charge in [0, 0.05) is 42.2 Å². The molecule has 2 heterocycles. The molecule has 42 heavy (non-hydrogen) atoms. The van der Waals surface area contributed by atoms with Gasteiger partial charge in [0.1, 0.15) is 17.6 Å². The number of nitrogens with zero attached hydrogens (tertiary/aromatic N) is 3. The summed E-state index contributed by atoms with van der Waals surface area (Å²) in [5.41, 5.74) is 2.20. The summed E-state index contributed by atoms with van der Waals surface area (Å²) in [6.45, 7) is 1.09. The molecule has 0 radical (unpaired) electrons. The molecule has 11 heteroatoms. The van der Waals surface area contributed by atoms with Crippen LogP contribution in [0.3, 0.4) is 0 Å². The Morgan fingerprint density at radius 3 is 2.67 bits per heavy atom. The van der Waals surface area contributed by atoms with Crippen molar-refractivity contribution >= 4 is 39.8 Å². The summed E-state index contributed by atoms with van der Waals surface area (Å²) in [4.78, 5) is 20.8. The van der Waals surface area contributed by atoms with Crippen LogP contribution in [0.25, 0.3) is 10.9 Å². The second-order valence-corrected chi connectivity index (χ2v) is 10.1. The zero-order valence-electron chi connectivity index (χ0n) is 23.1. The third kappa shape index (κ3) is 7.50. The fraction of sp³-hybridized carbons (Fsp3) is 0.290. The fourth-order valence-corrected chi connectivity index (χ4v) is 4.22. The molecule has 0 atom stereocenters. The van der Waals surface area contributed by atoms with E-state index in [0.29, 0.717) is 88.1 Å². The van der Waals surface area contributed by atoms with E-state index in [1.165, 1.54) is 19.0 Å². The van der Waals surface area contributed by atoms with E-state index in [0.717, 1.165) is 0 Å². The maximum atomic E-state index is 12.0. The molecule has 0 saturated heterocycles. The van der Waals surface area contributed by atoms with Crippen LogP contribution in [0.4, 0.5) is 11.4 Å².